The Morgan fingerprint density at radius 1 is 0.299 bits per heavy atom. The van der Waals surface area contributed by atoms with E-state index in [2.05, 4.69) is 205 Å². The number of nitrogens with zero attached hydrogens (tertiary/aromatic N) is 4. The molecule has 0 radical (unpaired) electrons. The molecule has 0 unspecified atom stereocenters. The Bertz CT molecular complexity index is 4490. The van der Waals surface area contributed by atoms with Crippen molar-refractivity contribution in [2.75, 3.05) is 0 Å². The number of hydrogen-bond acceptors (Lipinski definition) is 5. The van der Waals surface area contributed by atoms with Crippen LogP contribution in [0.15, 0.2) is 206 Å². The summed E-state index contributed by atoms with van der Waals surface area (Å²) in [5.41, 5.74) is 11.3. The van der Waals surface area contributed by atoms with Gasteiger partial charge in [0.2, 0.25) is 0 Å². The average molecular weight is 887 g/mol. The Morgan fingerprint density at radius 2 is 0.866 bits per heavy atom. The molecule has 0 saturated heterocycles. The van der Waals surface area contributed by atoms with E-state index in [0.717, 1.165) is 27.6 Å². The van der Waals surface area contributed by atoms with Crippen molar-refractivity contribution in [3.63, 3.8) is 0 Å². The number of aromatic nitrogens is 4. The number of thiophene rings is 2. The standard InChI is InChI=1S/C61H34N4S2/c1-2-11-35(12-3-1)36-21-23-37(24-22-36)59-62-60(64-61(63-59)40-26-29-53-48(32-40)46-16-6-9-20-52(46)66-53)39-25-27-43-38(31-39)13-10-17-42(43)41-33-49-45-15-5-8-19-51(45)65-50-18-7-4-14-44(50)47-28-30-54-57(58(47)65)56(49)55(34-41)67-54/h1-34H. The van der Waals surface area contributed by atoms with Crippen molar-refractivity contribution >= 4 is 112 Å². The molecular formula is C61H34N4S2. The molecule has 0 aliphatic heterocycles. The Balaban J connectivity index is 0.904. The smallest absolute Gasteiger partial charge is 0.164 e. The third-order valence-electron chi connectivity index (χ3n) is 13.8. The summed E-state index contributed by atoms with van der Waals surface area (Å²) < 4.78 is 7.64. The summed E-state index contributed by atoms with van der Waals surface area (Å²) >= 11 is 3.71. The molecule has 0 aliphatic carbocycles. The Morgan fingerprint density at radius 3 is 1.67 bits per heavy atom. The van der Waals surface area contributed by atoms with Gasteiger partial charge < -0.3 is 4.40 Å². The molecule has 0 amide bonds. The van der Waals surface area contributed by atoms with Gasteiger partial charge in [0.1, 0.15) is 0 Å². The van der Waals surface area contributed by atoms with Crippen LogP contribution in [0, 0.1) is 0 Å². The minimum absolute atomic E-state index is 0.640. The van der Waals surface area contributed by atoms with Crippen molar-refractivity contribution in [3.05, 3.63) is 206 Å². The normalized spacial score (nSPS) is 12.2. The van der Waals surface area contributed by atoms with Crippen molar-refractivity contribution in [2.45, 2.75) is 0 Å². The number of benzene rings is 10. The fourth-order valence-electron chi connectivity index (χ4n) is 10.7. The fraction of sp³-hybridized carbons (Fsp3) is 0. The van der Waals surface area contributed by atoms with Crippen LogP contribution in [-0.2, 0) is 0 Å². The summed E-state index contributed by atoms with van der Waals surface area (Å²) in [4.78, 5) is 15.6. The molecular weight excluding hydrogens is 853 g/mol. The minimum atomic E-state index is 0.640. The molecule has 0 aliphatic rings. The van der Waals surface area contributed by atoms with E-state index >= 15 is 0 Å². The molecule has 15 rings (SSSR count). The molecule has 310 valence electrons. The minimum Gasteiger partial charge on any atom is -0.308 e. The monoisotopic (exact) mass is 886 g/mol. The molecule has 0 bridgehead atoms. The maximum atomic E-state index is 5.25. The van der Waals surface area contributed by atoms with Crippen LogP contribution in [-0.4, -0.2) is 19.4 Å². The maximum Gasteiger partial charge on any atom is 0.164 e. The summed E-state index contributed by atoms with van der Waals surface area (Å²) in [5.74, 6) is 1.93. The van der Waals surface area contributed by atoms with Gasteiger partial charge in [0.25, 0.3) is 0 Å². The molecule has 10 aromatic carbocycles. The van der Waals surface area contributed by atoms with Crippen molar-refractivity contribution in [1.82, 2.24) is 19.4 Å². The number of fused-ring (bicyclic) bond motifs is 10. The highest BCUT2D eigenvalue weighted by atomic mass is 32.1. The van der Waals surface area contributed by atoms with Crippen LogP contribution in [0.5, 0.6) is 0 Å². The van der Waals surface area contributed by atoms with E-state index in [4.69, 9.17) is 15.0 Å². The second-order valence-electron chi connectivity index (χ2n) is 17.5. The van der Waals surface area contributed by atoms with Crippen molar-refractivity contribution in [2.24, 2.45) is 0 Å². The largest absolute Gasteiger partial charge is 0.308 e. The van der Waals surface area contributed by atoms with E-state index in [1.165, 1.54) is 101 Å². The van der Waals surface area contributed by atoms with Gasteiger partial charge in [-0.2, -0.15) is 0 Å². The first-order chi connectivity index (χ1) is 33.2. The average Bonchev–Trinajstić information content (AvgIpc) is 4.05. The predicted molar refractivity (Wildman–Crippen MR) is 285 cm³/mol. The van der Waals surface area contributed by atoms with Crippen LogP contribution in [0.2, 0.25) is 0 Å². The molecule has 5 aromatic heterocycles. The summed E-state index contributed by atoms with van der Waals surface area (Å²) in [6.07, 6.45) is 0. The van der Waals surface area contributed by atoms with Crippen molar-refractivity contribution in [3.8, 4) is 56.4 Å². The Kier molecular flexibility index (Phi) is 7.79. The topological polar surface area (TPSA) is 43.1 Å². The lowest BCUT2D eigenvalue weighted by Crippen LogP contribution is -2.00. The summed E-state index contributed by atoms with van der Waals surface area (Å²) in [6.45, 7) is 0. The predicted octanol–water partition coefficient (Wildman–Crippen LogP) is 17.2. The third-order valence-corrected chi connectivity index (χ3v) is 16.0. The first kappa shape index (κ1) is 37.0. The van der Waals surface area contributed by atoms with Crippen molar-refractivity contribution in [1.29, 1.82) is 0 Å². The van der Waals surface area contributed by atoms with Crippen LogP contribution in [0.4, 0.5) is 0 Å². The highest BCUT2D eigenvalue weighted by Crippen LogP contribution is 2.48. The molecule has 5 heterocycles. The first-order valence-electron chi connectivity index (χ1n) is 22.6. The summed E-state index contributed by atoms with van der Waals surface area (Å²) in [5, 5.41) is 12.6. The van der Waals surface area contributed by atoms with Crippen LogP contribution in [0.1, 0.15) is 0 Å². The van der Waals surface area contributed by atoms with Crippen LogP contribution >= 0.6 is 22.7 Å². The number of hydrogen-bond donors (Lipinski definition) is 0. The second-order valence-corrected chi connectivity index (χ2v) is 19.7. The Hall–Kier alpha value is -8.29. The summed E-state index contributed by atoms with van der Waals surface area (Å²) in [7, 11) is 0. The fourth-order valence-corrected chi connectivity index (χ4v) is 13.0. The van der Waals surface area contributed by atoms with Gasteiger partial charge in [-0.05, 0) is 99.1 Å². The van der Waals surface area contributed by atoms with Gasteiger partial charge in [0, 0.05) is 73.2 Å². The molecule has 0 N–H and O–H groups in total. The molecule has 67 heavy (non-hydrogen) atoms. The first-order valence-corrected chi connectivity index (χ1v) is 24.2. The molecule has 0 saturated carbocycles. The van der Waals surface area contributed by atoms with E-state index in [0.29, 0.717) is 17.5 Å². The molecule has 0 fully saturated rings. The maximum absolute atomic E-state index is 5.25. The SMILES string of the molecule is c1ccc(-c2ccc(-c3nc(-c4ccc5c(-c6cc7sc8ccc9c%10ccccc%10n%10c%11ccccc%11c(c6)c7c8c9%10)cccc5c4)nc(-c4ccc5sc6ccccc6c5c4)n3)cc2)cc1. The second kappa shape index (κ2) is 14.1. The molecule has 6 heteroatoms. The zero-order valence-electron chi connectivity index (χ0n) is 35.7. The highest BCUT2D eigenvalue weighted by molar-refractivity contribution is 7.26. The highest BCUT2D eigenvalue weighted by Gasteiger charge is 2.22. The van der Waals surface area contributed by atoms with Gasteiger partial charge in [-0.15, -0.1) is 22.7 Å². The van der Waals surface area contributed by atoms with Crippen LogP contribution in [0.3, 0.4) is 0 Å². The lowest BCUT2D eigenvalue weighted by atomic mass is 9.94. The number of rotatable bonds is 5. The van der Waals surface area contributed by atoms with Crippen LogP contribution < -0.4 is 0 Å². The van der Waals surface area contributed by atoms with Gasteiger partial charge in [-0.3, -0.25) is 0 Å². The lowest BCUT2D eigenvalue weighted by molar-refractivity contribution is 1.08. The van der Waals surface area contributed by atoms with E-state index in [1.807, 2.05) is 28.7 Å². The van der Waals surface area contributed by atoms with Gasteiger partial charge in [0.15, 0.2) is 17.5 Å². The summed E-state index contributed by atoms with van der Waals surface area (Å²) in [6, 6.07) is 74.8. The van der Waals surface area contributed by atoms with Crippen molar-refractivity contribution < 1.29 is 0 Å². The lowest BCUT2D eigenvalue weighted by Gasteiger charge is -2.12. The zero-order chi connectivity index (χ0) is 43.7. The van der Waals surface area contributed by atoms with E-state index in [1.54, 1.807) is 0 Å². The molecule has 15 aromatic rings. The molecule has 4 nitrogen and oxygen atoms in total. The van der Waals surface area contributed by atoms with E-state index < -0.39 is 0 Å². The molecule has 0 atom stereocenters. The third kappa shape index (κ3) is 5.55. The quantitative estimate of drug-likeness (QED) is 0.173. The van der Waals surface area contributed by atoms with Gasteiger partial charge >= 0.3 is 0 Å². The van der Waals surface area contributed by atoms with Crippen LogP contribution in [0.25, 0.3) is 146 Å². The van der Waals surface area contributed by atoms with Gasteiger partial charge in [-0.25, -0.2) is 15.0 Å². The number of para-hydroxylation sites is 2. The van der Waals surface area contributed by atoms with Gasteiger partial charge in [-0.1, -0.05) is 146 Å². The van der Waals surface area contributed by atoms with Gasteiger partial charge in [0.05, 0.1) is 16.6 Å². The zero-order valence-corrected chi connectivity index (χ0v) is 37.4. The Labute approximate surface area is 391 Å². The van der Waals surface area contributed by atoms with E-state index in [-0.39, 0.29) is 0 Å². The van der Waals surface area contributed by atoms with E-state index in [9.17, 15) is 0 Å². The molecule has 0 spiro atoms.